The van der Waals surface area contributed by atoms with E-state index in [9.17, 15) is 8.42 Å². The molecule has 0 aliphatic rings. The second-order valence-corrected chi connectivity index (χ2v) is 6.16. The van der Waals surface area contributed by atoms with Crippen LogP contribution in [0.25, 0.3) is 0 Å². The van der Waals surface area contributed by atoms with Crippen LogP contribution in [-0.4, -0.2) is 37.5 Å². The normalized spacial score (nSPS) is 11.5. The van der Waals surface area contributed by atoms with Gasteiger partial charge in [-0.1, -0.05) is 19.1 Å². The van der Waals surface area contributed by atoms with Gasteiger partial charge in [0.15, 0.2) is 0 Å². The van der Waals surface area contributed by atoms with Crippen LogP contribution in [-0.2, 0) is 15.8 Å². The molecule has 0 aliphatic heterocycles. The van der Waals surface area contributed by atoms with Gasteiger partial charge in [-0.05, 0) is 24.1 Å². The van der Waals surface area contributed by atoms with Gasteiger partial charge in [-0.2, -0.15) is 9.57 Å². The zero-order chi connectivity index (χ0) is 14.3. The Kier molecular flexibility index (Phi) is 5.96. The maximum atomic E-state index is 12.2. The van der Waals surface area contributed by atoms with E-state index in [2.05, 4.69) is 0 Å². The number of aliphatic hydroxyl groups is 1. The van der Waals surface area contributed by atoms with Gasteiger partial charge in [0.1, 0.15) is 0 Å². The molecular formula is C13H18N2O3S. The highest BCUT2D eigenvalue weighted by molar-refractivity contribution is 7.88. The molecular weight excluding hydrogens is 264 g/mol. The van der Waals surface area contributed by atoms with E-state index in [1.807, 2.05) is 13.0 Å². The summed E-state index contributed by atoms with van der Waals surface area (Å²) in [4.78, 5) is 0. The summed E-state index contributed by atoms with van der Waals surface area (Å²) in [6, 6.07) is 8.54. The molecule has 0 heterocycles. The third kappa shape index (κ3) is 4.63. The van der Waals surface area contributed by atoms with Crippen LogP contribution in [0.2, 0.25) is 0 Å². The number of nitriles is 1. The first kappa shape index (κ1) is 15.6. The summed E-state index contributed by atoms with van der Waals surface area (Å²) in [5.74, 6) is -0.150. The molecule has 0 unspecified atom stereocenters. The molecule has 19 heavy (non-hydrogen) atoms. The number of hydrogen-bond acceptors (Lipinski definition) is 4. The molecule has 0 aliphatic carbocycles. The Bertz CT molecular complexity index is 543. The molecule has 1 aromatic rings. The summed E-state index contributed by atoms with van der Waals surface area (Å²) in [5.41, 5.74) is 1.02. The van der Waals surface area contributed by atoms with Crippen LogP contribution in [0.4, 0.5) is 0 Å². The zero-order valence-corrected chi connectivity index (χ0v) is 11.7. The van der Waals surface area contributed by atoms with Gasteiger partial charge >= 0.3 is 0 Å². The number of sulfonamides is 1. The molecule has 6 heteroatoms. The van der Waals surface area contributed by atoms with Crippen molar-refractivity contribution in [3.05, 3.63) is 35.4 Å². The van der Waals surface area contributed by atoms with E-state index < -0.39 is 10.0 Å². The van der Waals surface area contributed by atoms with Crippen molar-refractivity contribution in [2.45, 2.75) is 19.1 Å². The second kappa shape index (κ2) is 7.24. The van der Waals surface area contributed by atoms with E-state index in [4.69, 9.17) is 10.4 Å². The molecule has 0 bridgehead atoms. The molecule has 0 saturated carbocycles. The molecule has 0 fully saturated rings. The van der Waals surface area contributed by atoms with Gasteiger partial charge in [0.25, 0.3) is 0 Å². The van der Waals surface area contributed by atoms with Crippen LogP contribution in [0.15, 0.2) is 24.3 Å². The summed E-state index contributed by atoms with van der Waals surface area (Å²) in [5, 5.41) is 17.7. The van der Waals surface area contributed by atoms with Gasteiger partial charge in [0.05, 0.1) is 24.0 Å². The maximum absolute atomic E-state index is 12.2. The smallest absolute Gasteiger partial charge is 0.218 e. The van der Waals surface area contributed by atoms with Gasteiger partial charge in [-0.25, -0.2) is 8.42 Å². The largest absolute Gasteiger partial charge is 0.395 e. The molecule has 1 N–H and O–H groups in total. The highest BCUT2D eigenvalue weighted by atomic mass is 32.2. The molecule has 1 aromatic carbocycles. The van der Waals surface area contributed by atoms with Gasteiger partial charge in [0.2, 0.25) is 10.0 Å². The first-order valence-electron chi connectivity index (χ1n) is 6.11. The minimum absolute atomic E-state index is 0.105. The third-order valence-electron chi connectivity index (χ3n) is 2.62. The summed E-state index contributed by atoms with van der Waals surface area (Å²) >= 11 is 0. The highest BCUT2D eigenvalue weighted by Crippen LogP contribution is 2.12. The monoisotopic (exact) mass is 282 g/mol. The zero-order valence-electron chi connectivity index (χ0n) is 10.9. The number of nitrogens with zero attached hydrogens (tertiary/aromatic N) is 2. The number of aliphatic hydroxyl groups excluding tert-OH is 1. The Hall–Kier alpha value is -1.42. The Morgan fingerprint density at radius 1 is 1.37 bits per heavy atom. The molecule has 104 valence electrons. The minimum atomic E-state index is -3.46. The van der Waals surface area contributed by atoms with Crippen molar-refractivity contribution in [3.8, 4) is 6.07 Å². The van der Waals surface area contributed by atoms with Gasteiger partial charge in [-0.3, -0.25) is 0 Å². The third-order valence-corrected chi connectivity index (χ3v) is 4.47. The van der Waals surface area contributed by atoms with Crippen molar-refractivity contribution in [1.82, 2.24) is 4.31 Å². The fourth-order valence-corrected chi connectivity index (χ4v) is 3.39. The predicted octanol–water partition coefficient (Wildman–Crippen LogP) is 1.09. The Morgan fingerprint density at radius 2 is 2.11 bits per heavy atom. The van der Waals surface area contributed by atoms with Crippen molar-refractivity contribution in [3.63, 3.8) is 0 Å². The average molecular weight is 282 g/mol. The van der Waals surface area contributed by atoms with E-state index in [1.54, 1.807) is 24.3 Å². The Labute approximate surface area is 114 Å². The average Bonchev–Trinajstić information content (AvgIpc) is 2.38. The lowest BCUT2D eigenvalue weighted by atomic mass is 10.2. The van der Waals surface area contributed by atoms with Crippen LogP contribution < -0.4 is 0 Å². The van der Waals surface area contributed by atoms with Gasteiger partial charge < -0.3 is 5.11 Å². The second-order valence-electron chi connectivity index (χ2n) is 4.19. The van der Waals surface area contributed by atoms with Gasteiger partial charge in [-0.15, -0.1) is 0 Å². The predicted molar refractivity (Wildman–Crippen MR) is 72.7 cm³/mol. The summed E-state index contributed by atoms with van der Waals surface area (Å²) in [6.07, 6.45) is 0.692. The summed E-state index contributed by atoms with van der Waals surface area (Å²) < 4.78 is 25.7. The molecule has 1 rings (SSSR count). The number of benzene rings is 1. The van der Waals surface area contributed by atoms with Crippen LogP contribution in [0.1, 0.15) is 24.5 Å². The van der Waals surface area contributed by atoms with Gasteiger partial charge in [0, 0.05) is 13.1 Å². The molecule has 0 amide bonds. The van der Waals surface area contributed by atoms with Crippen LogP contribution in [0.5, 0.6) is 0 Å². The summed E-state index contributed by atoms with van der Waals surface area (Å²) in [7, 11) is -3.46. The van der Waals surface area contributed by atoms with Crippen molar-refractivity contribution >= 4 is 10.0 Å². The van der Waals surface area contributed by atoms with Crippen molar-refractivity contribution in [2.75, 3.05) is 19.7 Å². The minimum Gasteiger partial charge on any atom is -0.395 e. The molecule has 5 nitrogen and oxygen atoms in total. The quantitative estimate of drug-likeness (QED) is 0.811. The molecule has 0 aromatic heterocycles. The number of rotatable bonds is 7. The lowest BCUT2D eigenvalue weighted by Gasteiger charge is -2.20. The molecule has 0 radical (unpaired) electrons. The van der Waals surface area contributed by atoms with E-state index >= 15 is 0 Å². The van der Waals surface area contributed by atoms with E-state index in [-0.39, 0.29) is 18.9 Å². The fourth-order valence-electron chi connectivity index (χ4n) is 1.78. The van der Waals surface area contributed by atoms with Crippen molar-refractivity contribution in [1.29, 1.82) is 5.26 Å². The standard InChI is InChI=1S/C13H18N2O3S/c1-2-6-15(7-8-16)19(17,18)11-13-5-3-4-12(9-13)10-14/h3-5,9,16H,2,6-8,11H2,1H3. The lowest BCUT2D eigenvalue weighted by Crippen LogP contribution is -2.35. The van der Waals surface area contributed by atoms with Crippen molar-refractivity contribution in [2.24, 2.45) is 0 Å². The van der Waals surface area contributed by atoms with Crippen LogP contribution in [0.3, 0.4) is 0 Å². The SMILES string of the molecule is CCCN(CCO)S(=O)(=O)Cc1cccc(C#N)c1. The molecule has 0 spiro atoms. The number of hydrogen-bond donors (Lipinski definition) is 1. The van der Waals surface area contributed by atoms with Crippen LogP contribution >= 0.6 is 0 Å². The first-order chi connectivity index (χ1) is 9.03. The van der Waals surface area contributed by atoms with Crippen LogP contribution in [0, 0.1) is 11.3 Å². The first-order valence-corrected chi connectivity index (χ1v) is 7.72. The molecule has 0 saturated heterocycles. The van der Waals surface area contributed by atoms with E-state index in [0.717, 1.165) is 0 Å². The van der Waals surface area contributed by atoms with E-state index in [0.29, 0.717) is 24.1 Å². The topological polar surface area (TPSA) is 81.4 Å². The molecule has 0 atom stereocenters. The highest BCUT2D eigenvalue weighted by Gasteiger charge is 2.21. The van der Waals surface area contributed by atoms with Crippen molar-refractivity contribution < 1.29 is 13.5 Å². The Balaban J connectivity index is 2.90. The lowest BCUT2D eigenvalue weighted by molar-refractivity contribution is 0.253. The fraction of sp³-hybridized carbons (Fsp3) is 0.462. The van der Waals surface area contributed by atoms with E-state index in [1.165, 1.54) is 4.31 Å². The summed E-state index contributed by atoms with van der Waals surface area (Å²) in [6.45, 7) is 2.18. The Morgan fingerprint density at radius 3 is 2.68 bits per heavy atom. The maximum Gasteiger partial charge on any atom is 0.218 e.